The quantitative estimate of drug-likeness (QED) is 0.664. The summed E-state index contributed by atoms with van der Waals surface area (Å²) in [7, 11) is 0. The molecule has 1 N–H and O–H groups in total. The van der Waals surface area contributed by atoms with Crippen LogP contribution >= 0.6 is 0 Å². The molecule has 1 aliphatic rings. The molecule has 1 fully saturated rings. The fourth-order valence-corrected chi connectivity index (χ4v) is 2.53. The molecule has 1 amide bonds. The minimum absolute atomic E-state index is 0.104. The second-order valence-corrected chi connectivity index (χ2v) is 5.04. The van der Waals surface area contributed by atoms with E-state index in [1.54, 1.807) is 6.92 Å². The molecule has 0 aromatic heterocycles. The zero-order valence-corrected chi connectivity index (χ0v) is 9.18. The van der Waals surface area contributed by atoms with Gasteiger partial charge < -0.3 is 5.32 Å². The topological polar surface area (TPSA) is 29.1 Å². The summed E-state index contributed by atoms with van der Waals surface area (Å²) in [6.07, 6.45) is 3.76. The molecule has 0 aromatic rings. The standard InChI is InChI=1S/C11H21NO/c1-8-6-5-7-11(3,4)10(8)12-9(2)13/h8,10H,5-7H2,1-4H3,(H,12,13)/t8-,10+/m0/s1. The van der Waals surface area contributed by atoms with Crippen LogP contribution in [0.15, 0.2) is 0 Å². The molecular weight excluding hydrogens is 162 g/mol. The van der Waals surface area contributed by atoms with Gasteiger partial charge in [-0.2, -0.15) is 0 Å². The molecule has 0 aromatic carbocycles. The Balaban J connectivity index is 2.68. The molecule has 1 rings (SSSR count). The molecule has 0 aliphatic heterocycles. The van der Waals surface area contributed by atoms with E-state index in [0.717, 1.165) is 0 Å². The summed E-state index contributed by atoms with van der Waals surface area (Å²) in [4.78, 5) is 11.0. The maximum atomic E-state index is 11.0. The van der Waals surface area contributed by atoms with Gasteiger partial charge >= 0.3 is 0 Å². The van der Waals surface area contributed by atoms with E-state index in [2.05, 4.69) is 26.1 Å². The number of carbonyl (C=O) groups excluding carboxylic acids is 1. The number of amides is 1. The molecule has 1 aliphatic carbocycles. The van der Waals surface area contributed by atoms with Gasteiger partial charge in [-0.3, -0.25) is 4.79 Å². The molecule has 76 valence electrons. The lowest BCUT2D eigenvalue weighted by Gasteiger charge is -2.43. The van der Waals surface area contributed by atoms with Crippen molar-refractivity contribution in [2.24, 2.45) is 11.3 Å². The number of rotatable bonds is 1. The first-order valence-corrected chi connectivity index (χ1v) is 5.20. The van der Waals surface area contributed by atoms with E-state index in [1.807, 2.05) is 0 Å². The Morgan fingerprint density at radius 2 is 2.08 bits per heavy atom. The summed E-state index contributed by atoms with van der Waals surface area (Å²) in [5.41, 5.74) is 0.267. The molecule has 0 saturated heterocycles. The van der Waals surface area contributed by atoms with Crippen LogP contribution in [-0.4, -0.2) is 11.9 Å². The summed E-state index contributed by atoms with van der Waals surface area (Å²) in [6, 6.07) is 0.360. The molecule has 0 bridgehead atoms. The number of hydrogen-bond acceptors (Lipinski definition) is 1. The van der Waals surface area contributed by atoms with E-state index in [1.165, 1.54) is 19.3 Å². The minimum atomic E-state index is 0.104. The van der Waals surface area contributed by atoms with Gasteiger partial charge in [-0.05, 0) is 24.2 Å². The monoisotopic (exact) mass is 183 g/mol. The van der Waals surface area contributed by atoms with Crippen LogP contribution in [0.1, 0.15) is 47.0 Å². The third-order valence-electron chi connectivity index (χ3n) is 3.25. The highest BCUT2D eigenvalue weighted by Gasteiger charge is 2.37. The zero-order valence-electron chi connectivity index (χ0n) is 9.18. The van der Waals surface area contributed by atoms with Crippen molar-refractivity contribution < 1.29 is 4.79 Å². The Hall–Kier alpha value is -0.530. The van der Waals surface area contributed by atoms with Crippen molar-refractivity contribution in [3.8, 4) is 0 Å². The van der Waals surface area contributed by atoms with Crippen LogP contribution in [0.5, 0.6) is 0 Å². The van der Waals surface area contributed by atoms with Crippen LogP contribution in [-0.2, 0) is 4.79 Å². The fourth-order valence-electron chi connectivity index (χ4n) is 2.53. The third kappa shape index (κ3) is 2.45. The number of carbonyl (C=O) groups is 1. The molecule has 13 heavy (non-hydrogen) atoms. The number of hydrogen-bond donors (Lipinski definition) is 1. The summed E-state index contributed by atoms with van der Waals surface area (Å²) in [6.45, 7) is 8.35. The van der Waals surface area contributed by atoms with E-state index in [-0.39, 0.29) is 11.3 Å². The average molecular weight is 183 g/mol. The van der Waals surface area contributed by atoms with Crippen molar-refractivity contribution >= 4 is 5.91 Å². The molecule has 0 radical (unpaired) electrons. The first-order chi connectivity index (χ1) is 5.93. The van der Waals surface area contributed by atoms with Crippen molar-refractivity contribution in [2.75, 3.05) is 0 Å². The maximum absolute atomic E-state index is 11.0. The minimum Gasteiger partial charge on any atom is -0.353 e. The van der Waals surface area contributed by atoms with Crippen molar-refractivity contribution in [1.29, 1.82) is 0 Å². The highest BCUT2D eigenvalue weighted by atomic mass is 16.1. The lowest BCUT2D eigenvalue weighted by molar-refractivity contribution is -0.121. The van der Waals surface area contributed by atoms with Crippen LogP contribution in [0.2, 0.25) is 0 Å². The predicted octanol–water partition coefficient (Wildman–Crippen LogP) is 2.34. The Morgan fingerprint density at radius 1 is 1.46 bits per heavy atom. The van der Waals surface area contributed by atoms with Crippen molar-refractivity contribution in [3.63, 3.8) is 0 Å². The Labute approximate surface area is 81.1 Å². The molecule has 0 unspecified atom stereocenters. The van der Waals surface area contributed by atoms with Crippen LogP contribution in [0, 0.1) is 11.3 Å². The maximum Gasteiger partial charge on any atom is 0.217 e. The third-order valence-corrected chi connectivity index (χ3v) is 3.25. The SMILES string of the molecule is CC(=O)N[C@@H]1[C@@H](C)CCCC1(C)C. The summed E-state index contributed by atoms with van der Waals surface area (Å²) < 4.78 is 0. The largest absolute Gasteiger partial charge is 0.353 e. The van der Waals surface area contributed by atoms with Gasteiger partial charge in [0.2, 0.25) is 5.91 Å². The summed E-state index contributed by atoms with van der Waals surface area (Å²) in [5.74, 6) is 0.722. The van der Waals surface area contributed by atoms with Gasteiger partial charge in [0, 0.05) is 13.0 Å². The van der Waals surface area contributed by atoms with E-state index < -0.39 is 0 Å². The van der Waals surface area contributed by atoms with Gasteiger partial charge in [-0.1, -0.05) is 27.2 Å². The van der Waals surface area contributed by atoms with Crippen LogP contribution in [0.4, 0.5) is 0 Å². The van der Waals surface area contributed by atoms with Gasteiger partial charge in [0.25, 0.3) is 0 Å². The number of nitrogens with one attached hydrogen (secondary N) is 1. The lowest BCUT2D eigenvalue weighted by Crippen LogP contribution is -2.50. The van der Waals surface area contributed by atoms with Crippen molar-refractivity contribution in [3.05, 3.63) is 0 Å². The molecule has 0 heterocycles. The van der Waals surface area contributed by atoms with Crippen LogP contribution < -0.4 is 5.32 Å². The molecule has 2 atom stereocenters. The predicted molar refractivity (Wildman–Crippen MR) is 54.4 cm³/mol. The van der Waals surface area contributed by atoms with E-state index in [0.29, 0.717) is 12.0 Å². The van der Waals surface area contributed by atoms with Gasteiger partial charge in [0.1, 0.15) is 0 Å². The zero-order chi connectivity index (χ0) is 10.1. The Bertz CT molecular complexity index is 198. The Kier molecular flexibility index (Phi) is 2.99. The molecule has 2 heteroatoms. The highest BCUT2D eigenvalue weighted by molar-refractivity contribution is 5.73. The van der Waals surface area contributed by atoms with Gasteiger partial charge in [0.05, 0.1) is 0 Å². The second kappa shape index (κ2) is 3.69. The van der Waals surface area contributed by atoms with E-state index >= 15 is 0 Å². The smallest absolute Gasteiger partial charge is 0.217 e. The molecule has 1 saturated carbocycles. The first-order valence-electron chi connectivity index (χ1n) is 5.20. The van der Waals surface area contributed by atoms with Gasteiger partial charge in [0.15, 0.2) is 0 Å². The first kappa shape index (κ1) is 10.6. The molecule has 0 spiro atoms. The van der Waals surface area contributed by atoms with Crippen molar-refractivity contribution in [2.45, 2.75) is 53.0 Å². The van der Waals surface area contributed by atoms with E-state index in [4.69, 9.17) is 0 Å². The fraction of sp³-hybridized carbons (Fsp3) is 0.909. The lowest BCUT2D eigenvalue weighted by atomic mass is 9.68. The Morgan fingerprint density at radius 3 is 2.54 bits per heavy atom. The van der Waals surface area contributed by atoms with Crippen molar-refractivity contribution in [1.82, 2.24) is 5.32 Å². The van der Waals surface area contributed by atoms with Gasteiger partial charge in [-0.25, -0.2) is 0 Å². The van der Waals surface area contributed by atoms with Crippen LogP contribution in [0.25, 0.3) is 0 Å². The molecular formula is C11H21NO. The highest BCUT2D eigenvalue weighted by Crippen LogP contribution is 2.38. The summed E-state index contributed by atoms with van der Waals surface area (Å²) in [5, 5.41) is 3.08. The second-order valence-electron chi connectivity index (χ2n) is 5.04. The van der Waals surface area contributed by atoms with Gasteiger partial charge in [-0.15, -0.1) is 0 Å². The van der Waals surface area contributed by atoms with E-state index in [9.17, 15) is 4.79 Å². The average Bonchev–Trinajstić information content (AvgIpc) is 1.96. The summed E-state index contributed by atoms with van der Waals surface area (Å²) >= 11 is 0. The molecule has 2 nitrogen and oxygen atoms in total. The van der Waals surface area contributed by atoms with Crippen LogP contribution in [0.3, 0.4) is 0 Å². The normalized spacial score (nSPS) is 32.6.